The number of ether oxygens (including phenoxy) is 2. The lowest BCUT2D eigenvalue weighted by Crippen LogP contribution is -2.55. The molecule has 3 aliphatic rings. The van der Waals surface area contributed by atoms with Crippen LogP contribution in [0.4, 0.5) is 0 Å². The quantitative estimate of drug-likeness (QED) is 0.562. The van der Waals surface area contributed by atoms with Crippen molar-refractivity contribution in [2.24, 2.45) is 0 Å². The van der Waals surface area contributed by atoms with Crippen molar-refractivity contribution in [3.63, 3.8) is 0 Å². The molecule has 166 valence electrons. The lowest BCUT2D eigenvalue weighted by atomic mass is 9.84. The highest BCUT2D eigenvalue weighted by Gasteiger charge is 2.45. The molecule has 1 aliphatic heterocycles. The molecule has 0 spiro atoms. The van der Waals surface area contributed by atoms with E-state index >= 15 is 0 Å². The molecule has 1 saturated heterocycles. The van der Waals surface area contributed by atoms with Crippen LogP contribution in [-0.2, 0) is 24.0 Å². The van der Waals surface area contributed by atoms with Gasteiger partial charge >= 0.3 is 0 Å². The van der Waals surface area contributed by atoms with Gasteiger partial charge in [0.1, 0.15) is 36.3 Å². The van der Waals surface area contributed by atoms with Crippen LogP contribution in [0.5, 0.6) is 5.75 Å². The van der Waals surface area contributed by atoms with Crippen molar-refractivity contribution in [3.8, 4) is 5.75 Å². The van der Waals surface area contributed by atoms with Crippen LogP contribution >= 0.6 is 0 Å². The molecule has 4 N–H and O–H groups in total. The molecule has 6 nitrogen and oxygen atoms in total. The van der Waals surface area contributed by atoms with Gasteiger partial charge in [-0.15, -0.1) is 0 Å². The van der Waals surface area contributed by atoms with Crippen LogP contribution < -0.4 is 4.74 Å². The zero-order chi connectivity index (χ0) is 21.7. The summed E-state index contributed by atoms with van der Waals surface area (Å²) >= 11 is 0. The Hall–Kier alpha value is -1.96. The highest BCUT2D eigenvalue weighted by molar-refractivity contribution is 5.50. The Kier molecular flexibility index (Phi) is 5.52. The molecule has 0 unspecified atom stereocenters. The number of rotatable bonds is 6. The normalized spacial score (nSPS) is 29.9. The molecule has 5 atom stereocenters. The van der Waals surface area contributed by atoms with Gasteiger partial charge in [-0.25, -0.2) is 0 Å². The molecule has 0 bridgehead atoms. The van der Waals surface area contributed by atoms with Crippen LogP contribution in [0.2, 0.25) is 0 Å². The van der Waals surface area contributed by atoms with Crippen molar-refractivity contribution in [2.75, 3.05) is 13.7 Å². The Morgan fingerprint density at radius 2 is 1.71 bits per heavy atom. The van der Waals surface area contributed by atoms with Gasteiger partial charge in [0.2, 0.25) is 0 Å². The van der Waals surface area contributed by atoms with Crippen LogP contribution in [-0.4, -0.2) is 58.6 Å². The van der Waals surface area contributed by atoms with Crippen molar-refractivity contribution in [1.82, 2.24) is 0 Å². The standard InChI is InChI=1S/C25H30O6/c1-30-20-11-18(15-5-6-15)17(9-13-2-3-14-4-7-16(14)8-13)10-19(20)25-24(29)23(28)22(27)21(12-26)31-25/h2-3,8,10-11,15,21-29H,4-7,9,12H2,1H3/t21-,22-,23+,24-,25+/m1/s1. The maximum Gasteiger partial charge on any atom is 0.125 e. The topological polar surface area (TPSA) is 99.4 Å². The first-order chi connectivity index (χ1) is 15.0. The van der Waals surface area contributed by atoms with Gasteiger partial charge in [0.05, 0.1) is 13.7 Å². The minimum absolute atomic E-state index is 0.452. The molecular formula is C25H30O6. The third-order valence-electron chi connectivity index (χ3n) is 7.04. The number of aryl methyl sites for hydroxylation is 2. The van der Waals surface area contributed by atoms with E-state index in [0.717, 1.165) is 37.7 Å². The lowest BCUT2D eigenvalue weighted by Gasteiger charge is -2.40. The fraction of sp³-hybridized carbons (Fsp3) is 0.520. The number of methoxy groups -OCH3 is 1. The molecule has 31 heavy (non-hydrogen) atoms. The summed E-state index contributed by atoms with van der Waals surface area (Å²) < 4.78 is 11.5. The highest BCUT2D eigenvalue weighted by Crippen LogP contribution is 2.46. The van der Waals surface area contributed by atoms with Gasteiger partial charge in [-0.1, -0.05) is 18.2 Å². The van der Waals surface area contributed by atoms with Crippen LogP contribution in [0.3, 0.4) is 0 Å². The van der Waals surface area contributed by atoms with Gasteiger partial charge in [-0.2, -0.15) is 0 Å². The van der Waals surface area contributed by atoms with Gasteiger partial charge < -0.3 is 29.9 Å². The largest absolute Gasteiger partial charge is 0.496 e. The monoisotopic (exact) mass is 426 g/mol. The van der Waals surface area contributed by atoms with Gasteiger partial charge in [0.15, 0.2) is 0 Å². The van der Waals surface area contributed by atoms with E-state index in [2.05, 4.69) is 18.2 Å². The number of benzene rings is 2. The summed E-state index contributed by atoms with van der Waals surface area (Å²) in [5.74, 6) is 1.10. The van der Waals surface area contributed by atoms with E-state index < -0.39 is 37.1 Å². The molecule has 5 rings (SSSR count). The van der Waals surface area contributed by atoms with Gasteiger partial charge in [-0.3, -0.25) is 0 Å². The Bertz CT molecular complexity index is 967. The average molecular weight is 427 g/mol. The number of fused-ring (bicyclic) bond motifs is 1. The number of hydrogen-bond acceptors (Lipinski definition) is 6. The molecule has 2 aliphatic carbocycles. The zero-order valence-corrected chi connectivity index (χ0v) is 17.7. The summed E-state index contributed by atoms with van der Waals surface area (Å²) in [6.45, 7) is -0.452. The minimum atomic E-state index is -1.42. The highest BCUT2D eigenvalue weighted by atomic mass is 16.5. The summed E-state index contributed by atoms with van der Waals surface area (Å²) in [5.41, 5.74) is 7.16. The third-order valence-corrected chi connectivity index (χ3v) is 7.04. The molecule has 2 aromatic rings. The van der Waals surface area contributed by atoms with Gasteiger partial charge in [0, 0.05) is 5.56 Å². The third kappa shape index (κ3) is 3.77. The van der Waals surface area contributed by atoms with Crippen molar-refractivity contribution in [3.05, 3.63) is 63.7 Å². The predicted molar refractivity (Wildman–Crippen MR) is 114 cm³/mol. The van der Waals surface area contributed by atoms with Gasteiger partial charge in [0.25, 0.3) is 0 Å². The second-order valence-corrected chi connectivity index (χ2v) is 9.10. The second-order valence-electron chi connectivity index (χ2n) is 9.10. The molecule has 0 aromatic heterocycles. The van der Waals surface area contributed by atoms with E-state index in [9.17, 15) is 20.4 Å². The van der Waals surface area contributed by atoms with E-state index in [1.54, 1.807) is 7.11 Å². The van der Waals surface area contributed by atoms with Crippen LogP contribution in [0.25, 0.3) is 0 Å². The number of aliphatic hydroxyl groups excluding tert-OH is 4. The summed E-state index contributed by atoms with van der Waals surface area (Å²) in [6, 6.07) is 10.7. The van der Waals surface area contributed by atoms with Crippen molar-refractivity contribution < 1.29 is 29.9 Å². The van der Waals surface area contributed by atoms with Crippen molar-refractivity contribution in [2.45, 2.75) is 68.5 Å². The van der Waals surface area contributed by atoms with E-state index in [0.29, 0.717) is 17.2 Å². The first kappa shape index (κ1) is 20.9. The number of hydrogen-bond donors (Lipinski definition) is 4. The smallest absolute Gasteiger partial charge is 0.125 e. The Labute approximate surface area is 182 Å². The summed E-state index contributed by atoms with van der Waals surface area (Å²) in [4.78, 5) is 0. The summed E-state index contributed by atoms with van der Waals surface area (Å²) in [6.07, 6.45) is -0.614. The first-order valence-electron chi connectivity index (χ1n) is 11.1. The van der Waals surface area contributed by atoms with E-state index in [1.807, 2.05) is 12.1 Å². The maximum atomic E-state index is 10.7. The second kappa shape index (κ2) is 8.19. The first-order valence-corrected chi connectivity index (χ1v) is 11.1. The van der Waals surface area contributed by atoms with E-state index in [4.69, 9.17) is 9.47 Å². The molecule has 2 aromatic carbocycles. The molecular weight excluding hydrogens is 396 g/mol. The van der Waals surface area contributed by atoms with E-state index in [-0.39, 0.29) is 0 Å². The SMILES string of the molecule is COc1cc(C2CC2)c(Cc2ccc3c(c2)CC3)cc1[C@@H]1O[C@H](CO)[C@@H](O)[C@H](O)[C@H]1O. The molecule has 0 radical (unpaired) electrons. The number of aliphatic hydroxyl groups is 4. The lowest BCUT2D eigenvalue weighted by molar-refractivity contribution is -0.232. The van der Waals surface area contributed by atoms with Crippen LogP contribution in [0.1, 0.15) is 58.2 Å². The van der Waals surface area contributed by atoms with Crippen molar-refractivity contribution >= 4 is 0 Å². The Morgan fingerprint density at radius 1 is 0.935 bits per heavy atom. The van der Waals surface area contributed by atoms with Gasteiger partial charge in [-0.05, 0) is 78.0 Å². The fourth-order valence-electron chi connectivity index (χ4n) is 4.92. The molecule has 0 amide bonds. The van der Waals surface area contributed by atoms with Crippen LogP contribution in [0, 0.1) is 0 Å². The predicted octanol–water partition coefficient (Wildman–Crippen LogP) is 1.78. The maximum absolute atomic E-state index is 10.7. The molecule has 6 heteroatoms. The Morgan fingerprint density at radius 3 is 2.32 bits per heavy atom. The molecule has 1 heterocycles. The van der Waals surface area contributed by atoms with Crippen molar-refractivity contribution in [1.29, 1.82) is 0 Å². The molecule has 2 fully saturated rings. The summed E-state index contributed by atoms with van der Waals surface area (Å²) in [7, 11) is 1.58. The zero-order valence-electron chi connectivity index (χ0n) is 17.7. The summed E-state index contributed by atoms with van der Waals surface area (Å²) in [5, 5.41) is 40.7. The van der Waals surface area contributed by atoms with E-state index in [1.165, 1.54) is 22.3 Å². The van der Waals surface area contributed by atoms with Crippen LogP contribution in [0.15, 0.2) is 30.3 Å². The average Bonchev–Trinajstić information content (AvgIpc) is 3.59. The fourth-order valence-corrected chi connectivity index (χ4v) is 4.92. The Balaban J connectivity index is 1.53. The molecule has 1 saturated carbocycles. The minimum Gasteiger partial charge on any atom is -0.496 e.